The van der Waals surface area contributed by atoms with Crippen molar-refractivity contribution in [1.29, 1.82) is 0 Å². The molecule has 0 saturated heterocycles. The Balaban J connectivity index is 1.69. The standard InChI is InChI=1S/C14H15N3O4S/c1-10-16-11(9-22-10)6-7-15-14(18)8-21-13-4-2-12(3-5-13)17(19)20/h2-5,9H,6-8H2,1H3,(H,15,18). The first kappa shape index (κ1) is 15.9. The summed E-state index contributed by atoms with van der Waals surface area (Å²) in [6.07, 6.45) is 0.674. The lowest BCUT2D eigenvalue weighted by molar-refractivity contribution is -0.384. The topological polar surface area (TPSA) is 94.4 Å². The molecule has 1 aromatic heterocycles. The monoisotopic (exact) mass is 321 g/mol. The fourth-order valence-electron chi connectivity index (χ4n) is 1.72. The number of carbonyl (C=O) groups excluding carboxylic acids is 1. The number of amides is 1. The van der Waals surface area contributed by atoms with Crippen LogP contribution in [0.1, 0.15) is 10.7 Å². The zero-order valence-corrected chi connectivity index (χ0v) is 12.8. The molecule has 0 atom stereocenters. The third-order valence-corrected chi connectivity index (χ3v) is 3.61. The average Bonchev–Trinajstić information content (AvgIpc) is 2.91. The van der Waals surface area contributed by atoms with Crippen LogP contribution in [0.4, 0.5) is 5.69 Å². The van der Waals surface area contributed by atoms with Crippen molar-refractivity contribution >= 4 is 22.9 Å². The van der Waals surface area contributed by atoms with Gasteiger partial charge >= 0.3 is 0 Å². The van der Waals surface area contributed by atoms with Crippen LogP contribution in [0.3, 0.4) is 0 Å². The Morgan fingerprint density at radius 1 is 1.41 bits per heavy atom. The Labute approximate surface area is 131 Å². The van der Waals surface area contributed by atoms with E-state index in [0.29, 0.717) is 18.7 Å². The van der Waals surface area contributed by atoms with Gasteiger partial charge < -0.3 is 10.1 Å². The molecule has 7 nitrogen and oxygen atoms in total. The van der Waals surface area contributed by atoms with E-state index in [2.05, 4.69) is 10.3 Å². The van der Waals surface area contributed by atoms with Crippen molar-refractivity contribution in [3.63, 3.8) is 0 Å². The highest BCUT2D eigenvalue weighted by atomic mass is 32.1. The maximum absolute atomic E-state index is 11.6. The van der Waals surface area contributed by atoms with E-state index >= 15 is 0 Å². The van der Waals surface area contributed by atoms with E-state index in [1.165, 1.54) is 24.3 Å². The number of non-ortho nitro benzene ring substituents is 1. The molecule has 0 fully saturated rings. The number of hydrogen-bond acceptors (Lipinski definition) is 6. The number of aromatic nitrogens is 1. The number of nitrogens with one attached hydrogen (secondary N) is 1. The number of rotatable bonds is 7. The van der Waals surface area contributed by atoms with Crippen LogP contribution in [0.25, 0.3) is 0 Å². The van der Waals surface area contributed by atoms with Crippen molar-refractivity contribution < 1.29 is 14.5 Å². The number of aryl methyl sites for hydroxylation is 1. The maximum atomic E-state index is 11.6. The van der Waals surface area contributed by atoms with Crippen molar-refractivity contribution in [2.45, 2.75) is 13.3 Å². The van der Waals surface area contributed by atoms with Gasteiger partial charge in [0.15, 0.2) is 6.61 Å². The van der Waals surface area contributed by atoms with Gasteiger partial charge in [-0.15, -0.1) is 11.3 Å². The molecule has 1 heterocycles. The number of carbonyl (C=O) groups is 1. The SMILES string of the molecule is Cc1nc(CCNC(=O)COc2ccc([N+](=O)[O-])cc2)cs1. The van der Waals surface area contributed by atoms with Crippen LogP contribution in [0, 0.1) is 17.0 Å². The third-order valence-electron chi connectivity index (χ3n) is 2.79. The van der Waals surface area contributed by atoms with Crippen LogP contribution in [-0.2, 0) is 11.2 Å². The predicted octanol–water partition coefficient (Wildman–Crippen LogP) is 2.10. The highest BCUT2D eigenvalue weighted by Crippen LogP contribution is 2.17. The first-order chi connectivity index (χ1) is 10.5. The van der Waals surface area contributed by atoms with Crippen molar-refractivity contribution in [2.75, 3.05) is 13.2 Å². The zero-order chi connectivity index (χ0) is 15.9. The molecule has 1 amide bonds. The Morgan fingerprint density at radius 2 is 2.14 bits per heavy atom. The van der Waals surface area contributed by atoms with Crippen molar-refractivity contribution in [2.24, 2.45) is 0 Å². The van der Waals surface area contributed by atoms with Crippen LogP contribution < -0.4 is 10.1 Å². The summed E-state index contributed by atoms with van der Waals surface area (Å²) in [6.45, 7) is 2.30. The second-order valence-electron chi connectivity index (χ2n) is 4.50. The second-order valence-corrected chi connectivity index (χ2v) is 5.56. The van der Waals surface area contributed by atoms with E-state index in [1.54, 1.807) is 11.3 Å². The molecule has 0 unspecified atom stereocenters. The average molecular weight is 321 g/mol. The van der Waals surface area contributed by atoms with E-state index in [1.807, 2.05) is 12.3 Å². The van der Waals surface area contributed by atoms with Gasteiger partial charge in [0.2, 0.25) is 0 Å². The van der Waals surface area contributed by atoms with Crippen molar-refractivity contribution in [1.82, 2.24) is 10.3 Å². The molecule has 0 spiro atoms. The van der Waals surface area contributed by atoms with Gasteiger partial charge in [0, 0.05) is 30.5 Å². The van der Waals surface area contributed by atoms with E-state index in [9.17, 15) is 14.9 Å². The van der Waals surface area contributed by atoms with Crippen LogP contribution >= 0.6 is 11.3 Å². The van der Waals surface area contributed by atoms with Gasteiger partial charge in [0.25, 0.3) is 11.6 Å². The molecule has 0 aliphatic rings. The number of thiazole rings is 1. The molecule has 22 heavy (non-hydrogen) atoms. The molecule has 1 aromatic carbocycles. The first-order valence-electron chi connectivity index (χ1n) is 6.59. The lowest BCUT2D eigenvalue weighted by Crippen LogP contribution is -2.30. The molecule has 0 bridgehead atoms. The van der Waals surface area contributed by atoms with Gasteiger partial charge in [-0.2, -0.15) is 0 Å². The molecule has 0 saturated carbocycles. The zero-order valence-electron chi connectivity index (χ0n) is 11.9. The lowest BCUT2D eigenvalue weighted by Gasteiger charge is -2.06. The summed E-state index contributed by atoms with van der Waals surface area (Å²) in [5.41, 5.74) is 0.939. The number of ether oxygens (including phenoxy) is 1. The minimum absolute atomic E-state index is 0.0182. The number of benzene rings is 1. The van der Waals surface area contributed by atoms with Gasteiger partial charge in [0.1, 0.15) is 5.75 Å². The van der Waals surface area contributed by atoms with Gasteiger partial charge in [-0.3, -0.25) is 14.9 Å². The highest BCUT2D eigenvalue weighted by molar-refractivity contribution is 7.09. The summed E-state index contributed by atoms with van der Waals surface area (Å²) in [6, 6.07) is 5.59. The molecule has 2 rings (SSSR count). The Kier molecular flexibility index (Phi) is 5.42. The predicted molar refractivity (Wildman–Crippen MR) is 82.2 cm³/mol. The van der Waals surface area contributed by atoms with Crippen LogP contribution in [0.5, 0.6) is 5.75 Å². The minimum atomic E-state index is -0.489. The molecule has 2 aromatic rings. The van der Waals surface area contributed by atoms with Gasteiger partial charge in [-0.1, -0.05) is 0 Å². The lowest BCUT2D eigenvalue weighted by atomic mass is 10.3. The molecule has 1 N–H and O–H groups in total. The van der Waals surface area contributed by atoms with Crippen LogP contribution in [0.15, 0.2) is 29.6 Å². The third kappa shape index (κ3) is 4.81. The van der Waals surface area contributed by atoms with E-state index < -0.39 is 4.92 Å². The van der Waals surface area contributed by atoms with Crippen molar-refractivity contribution in [3.8, 4) is 5.75 Å². The number of hydrogen-bond donors (Lipinski definition) is 1. The summed E-state index contributed by atoms with van der Waals surface area (Å²) < 4.78 is 5.26. The molecule has 0 aliphatic carbocycles. The summed E-state index contributed by atoms with van der Waals surface area (Å²) in [5.74, 6) is 0.168. The minimum Gasteiger partial charge on any atom is -0.484 e. The smallest absolute Gasteiger partial charge is 0.269 e. The second kappa shape index (κ2) is 7.51. The maximum Gasteiger partial charge on any atom is 0.269 e. The first-order valence-corrected chi connectivity index (χ1v) is 7.47. The fraction of sp³-hybridized carbons (Fsp3) is 0.286. The Morgan fingerprint density at radius 3 is 2.73 bits per heavy atom. The number of nitro benzene ring substituents is 1. The van der Waals surface area contributed by atoms with Crippen LogP contribution in [-0.4, -0.2) is 29.0 Å². The molecule has 116 valence electrons. The normalized spacial score (nSPS) is 10.2. The van der Waals surface area contributed by atoms with Gasteiger partial charge in [-0.25, -0.2) is 4.98 Å². The molecular weight excluding hydrogens is 306 g/mol. The van der Waals surface area contributed by atoms with E-state index in [-0.39, 0.29) is 18.2 Å². The molecule has 0 radical (unpaired) electrons. The van der Waals surface area contributed by atoms with Crippen molar-refractivity contribution in [3.05, 3.63) is 50.5 Å². The van der Waals surface area contributed by atoms with E-state index in [4.69, 9.17) is 4.74 Å². The molecule has 0 aliphatic heterocycles. The van der Waals surface area contributed by atoms with Gasteiger partial charge in [-0.05, 0) is 19.1 Å². The summed E-state index contributed by atoms with van der Waals surface area (Å²) >= 11 is 1.58. The quantitative estimate of drug-likeness (QED) is 0.622. The largest absolute Gasteiger partial charge is 0.484 e. The Hall–Kier alpha value is -2.48. The molecule has 8 heteroatoms. The molecular formula is C14H15N3O4S. The van der Waals surface area contributed by atoms with Gasteiger partial charge in [0.05, 0.1) is 15.6 Å². The fourth-order valence-corrected chi connectivity index (χ4v) is 2.36. The van der Waals surface area contributed by atoms with E-state index in [0.717, 1.165) is 10.7 Å². The summed E-state index contributed by atoms with van der Waals surface area (Å²) in [4.78, 5) is 26.0. The van der Waals surface area contributed by atoms with Crippen LogP contribution in [0.2, 0.25) is 0 Å². The summed E-state index contributed by atoms with van der Waals surface area (Å²) in [5, 5.41) is 16.2. The summed E-state index contributed by atoms with van der Waals surface area (Å²) in [7, 11) is 0. The number of nitrogens with zero attached hydrogens (tertiary/aromatic N) is 2. The number of nitro groups is 1. The highest BCUT2D eigenvalue weighted by Gasteiger charge is 2.06. The Bertz CT molecular complexity index is 654.